The van der Waals surface area contributed by atoms with Gasteiger partial charge in [0.05, 0.1) is 28.1 Å². The predicted molar refractivity (Wildman–Crippen MR) is 104 cm³/mol. The molecule has 0 unspecified atom stereocenters. The number of carboxylic acids is 1. The van der Waals surface area contributed by atoms with Crippen LogP contribution in [0.3, 0.4) is 0 Å². The van der Waals surface area contributed by atoms with E-state index in [-0.39, 0.29) is 17.2 Å². The standard InChI is InChI=1S/C18H16N2O4S2/c1-2-24-13-7-8-14-15(9-13)26-18(20-14)25-10-16(21)19-12-5-3-11(4-6-12)17(22)23/h3-9H,2,10H2,1H3,(H,19,21)(H,22,23). The van der Waals surface area contributed by atoms with Gasteiger partial charge in [0.15, 0.2) is 4.34 Å². The fourth-order valence-electron chi connectivity index (χ4n) is 2.22. The molecule has 0 aliphatic heterocycles. The van der Waals surface area contributed by atoms with Crippen molar-refractivity contribution < 1.29 is 19.4 Å². The summed E-state index contributed by atoms with van der Waals surface area (Å²) in [6.07, 6.45) is 0. The Morgan fingerprint density at radius 3 is 2.69 bits per heavy atom. The number of amides is 1. The molecule has 26 heavy (non-hydrogen) atoms. The molecule has 0 fully saturated rings. The summed E-state index contributed by atoms with van der Waals surface area (Å²) in [5.41, 5.74) is 1.62. The van der Waals surface area contributed by atoms with Crippen LogP contribution >= 0.6 is 23.1 Å². The number of aromatic nitrogens is 1. The van der Waals surface area contributed by atoms with E-state index in [0.717, 1.165) is 20.3 Å². The van der Waals surface area contributed by atoms with E-state index >= 15 is 0 Å². The van der Waals surface area contributed by atoms with E-state index in [4.69, 9.17) is 9.84 Å². The number of hydrogen-bond donors (Lipinski definition) is 2. The molecule has 134 valence electrons. The van der Waals surface area contributed by atoms with Gasteiger partial charge in [0.1, 0.15) is 5.75 Å². The van der Waals surface area contributed by atoms with Gasteiger partial charge in [0.25, 0.3) is 0 Å². The van der Waals surface area contributed by atoms with Crippen LogP contribution in [0.2, 0.25) is 0 Å². The van der Waals surface area contributed by atoms with E-state index in [9.17, 15) is 9.59 Å². The molecule has 0 atom stereocenters. The number of carbonyl (C=O) groups excluding carboxylic acids is 1. The predicted octanol–water partition coefficient (Wildman–Crippen LogP) is 4.12. The van der Waals surface area contributed by atoms with E-state index in [1.807, 2.05) is 25.1 Å². The summed E-state index contributed by atoms with van der Waals surface area (Å²) in [6, 6.07) is 11.8. The Hall–Kier alpha value is -2.58. The van der Waals surface area contributed by atoms with Crippen molar-refractivity contribution >= 4 is 50.9 Å². The van der Waals surface area contributed by atoms with Crippen molar-refractivity contribution in [1.82, 2.24) is 4.98 Å². The average molecular weight is 388 g/mol. The number of carboxylic acid groups (broad SMARTS) is 1. The SMILES string of the molecule is CCOc1ccc2nc(SCC(=O)Nc3ccc(C(=O)O)cc3)sc2c1. The zero-order chi connectivity index (χ0) is 18.5. The van der Waals surface area contributed by atoms with Crippen molar-refractivity contribution in [1.29, 1.82) is 0 Å². The van der Waals surface area contributed by atoms with Gasteiger partial charge in [-0.3, -0.25) is 4.79 Å². The van der Waals surface area contributed by atoms with Crippen LogP contribution in [0, 0.1) is 0 Å². The molecule has 2 N–H and O–H groups in total. The first-order valence-electron chi connectivity index (χ1n) is 7.84. The van der Waals surface area contributed by atoms with E-state index in [1.165, 1.54) is 35.2 Å². The number of fused-ring (bicyclic) bond motifs is 1. The highest BCUT2D eigenvalue weighted by atomic mass is 32.2. The zero-order valence-corrected chi connectivity index (χ0v) is 15.5. The highest BCUT2D eigenvalue weighted by Gasteiger charge is 2.10. The third kappa shape index (κ3) is 4.53. The van der Waals surface area contributed by atoms with E-state index in [1.54, 1.807) is 12.1 Å². The summed E-state index contributed by atoms with van der Waals surface area (Å²) < 4.78 is 7.31. The van der Waals surface area contributed by atoms with Crippen molar-refractivity contribution in [2.75, 3.05) is 17.7 Å². The maximum Gasteiger partial charge on any atom is 0.335 e. The summed E-state index contributed by atoms with van der Waals surface area (Å²) in [6.45, 7) is 2.55. The van der Waals surface area contributed by atoms with Crippen LogP contribution in [0.15, 0.2) is 46.8 Å². The Balaban J connectivity index is 1.58. The maximum atomic E-state index is 12.1. The van der Waals surface area contributed by atoms with Gasteiger partial charge in [0.2, 0.25) is 5.91 Å². The molecule has 0 bridgehead atoms. The molecule has 3 rings (SSSR count). The van der Waals surface area contributed by atoms with Crippen molar-refractivity contribution in [2.24, 2.45) is 0 Å². The molecule has 0 saturated carbocycles. The van der Waals surface area contributed by atoms with Crippen LogP contribution in [0.1, 0.15) is 17.3 Å². The number of anilines is 1. The molecule has 0 saturated heterocycles. The van der Waals surface area contributed by atoms with Crippen LogP contribution in [-0.4, -0.2) is 34.3 Å². The molecule has 2 aromatic carbocycles. The minimum absolute atomic E-state index is 0.174. The van der Waals surface area contributed by atoms with Gasteiger partial charge in [0, 0.05) is 5.69 Å². The summed E-state index contributed by atoms with van der Waals surface area (Å²) in [7, 11) is 0. The quantitative estimate of drug-likeness (QED) is 0.592. The Bertz CT molecular complexity index is 938. The van der Waals surface area contributed by atoms with Gasteiger partial charge in [-0.1, -0.05) is 11.8 Å². The number of aromatic carboxylic acids is 1. The number of rotatable bonds is 7. The second-order valence-electron chi connectivity index (χ2n) is 5.26. The first-order chi connectivity index (χ1) is 12.5. The number of hydrogen-bond acceptors (Lipinski definition) is 6. The number of nitrogens with one attached hydrogen (secondary N) is 1. The van der Waals surface area contributed by atoms with Crippen molar-refractivity contribution in [3.8, 4) is 5.75 Å². The van der Waals surface area contributed by atoms with Crippen LogP contribution < -0.4 is 10.1 Å². The molecule has 3 aromatic rings. The third-order valence-corrected chi connectivity index (χ3v) is 5.55. The maximum absolute atomic E-state index is 12.1. The Morgan fingerprint density at radius 1 is 1.23 bits per heavy atom. The summed E-state index contributed by atoms with van der Waals surface area (Å²) in [4.78, 5) is 27.4. The van der Waals surface area contributed by atoms with Crippen molar-refractivity contribution in [2.45, 2.75) is 11.3 Å². The number of nitrogens with zero attached hydrogens (tertiary/aromatic N) is 1. The molecular weight excluding hydrogens is 372 g/mol. The number of ether oxygens (including phenoxy) is 1. The minimum atomic E-state index is -0.998. The van der Waals surface area contributed by atoms with E-state index in [0.29, 0.717) is 12.3 Å². The Kier molecular flexibility index (Phi) is 5.75. The smallest absolute Gasteiger partial charge is 0.335 e. The summed E-state index contributed by atoms with van der Waals surface area (Å²) in [5.74, 6) is -0.143. The minimum Gasteiger partial charge on any atom is -0.494 e. The molecule has 0 radical (unpaired) electrons. The van der Waals surface area contributed by atoms with Gasteiger partial charge in [-0.05, 0) is 49.4 Å². The molecule has 0 aliphatic carbocycles. The van der Waals surface area contributed by atoms with E-state index < -0.39 is 5.97 Å². The summed E-state index contributed by atoms with van der Waals surface area (Å²) >= 11 is 2.88. The van der Waals surface area contributed by atoms with Crippen LogP contribution in [-0.2, 0) is 4.79 Å². The van der Waals surface area contributed by atoms with Gasteiger partial charge in [-0.25, -0.2) is 9.78 Å². The monoisotopic (exact) mass is 388 g/mol. The average Bonchev–Trinajstić information content (AvgIpc) is 3.03. The summed E-state index contributed by atoms with van der Waals surface area (Å²) in [5, 5.41) is 11.6. The fourth-order valence-corrected chi connectivity index (χ4v) is 4.12. The number of thioether (sulfide) groups is 1. The molecule has 1 heterocycles. The number of carbonyl (C=O) groups is 2. The lowest BCUT2D eigenvalue weighted by atomic mass is 10.2. The van der Waals surface area contributed by atoms with Crippen molar-refractivity contribution in [3.05, 3.63) is 48.0 Å². The van der Waals surface area contributed by atoms with Crippen LogP contribution in [0.4, 0.5) is 5.69 Å². The van der Waals surface area contributed by atoms with E-state index in [2.05, 4.69) is 10.3 Å². The molecule has 0 aliphatic rings. The number of thiazole rings is 1. The van der Waals surface area contributed by atoms with Gasteiger partial charge in [-0.15, -0.1) is 11.3 Å². The lowest BCUT2D eigenvalue weighted by Crippen LogP contribution is -2.14. The lowest BCUT2D eigenvalue weighted by Gasteiger charge is -2.04. The molecule has 6 nitrogen and oxygen atoms in total. The second kappa shape index (κ2) is 8.20. The van der Waals surface area contributed by atoms with Gasteiger partial charge < -0.3 is 15.2 Å². The van der Waals surface area contributed by atoms with Gasteiger partial charge in [-0.2, -0.15) is 0 Å². The molecular formula is C18H16N2O4S2. The topological polar surface area (TPSA) is 88.5 Å². The van der Waals surface area contributed by atoms with Gasteiger partial charge >= 0.3 is 5.97 Å². The Morgan fingerprint density at radius 2 is 2.00 bits per heavy atom. The highest BCUT2D eigenvalue weighted by molar-refractivity contribution is 8.01. The third-order valence-electron chi connectivity index (χ3n) is 3.39. The highest BCUT2D eigenvalue weighted by Crippen LogP contribution is 2.31. The van der Waals surface area contributed by atoms with Crippen LogP contribution in [0.5, 0.6) is 5.75 Å². The first-order valence-corrected chi connectivity index (χ1v) is 9.65. The Labute approximate surface area is 158 Å². The lowest BCUT2D eigenvalue weighted by molar-refractivity contribution is -0.113. The molecule has 8 heteroatoms. The first kappa shape index (κ1) is 18.2. The fraction of sp³-hybridized carbons (Fsp3) is 0.167. The largest absolute Gasteiger partial charge is 0.494 e. The molecule has 0 spiro atoms. The van der Waals surface area contributed by atoms with Crippen LogP contribution in [0.25, 0.3) is 10.2 Å². The van der Waals surface area contributed by atoms with Crippen molar-refractivity contribution in [3.63, 3.8) is 0 Å². The number of benzene rings is 2. The second-order valence-corrected chi connectivity index (χ2v) is 7.51. The zero-order valence-electron chi connectivity index (χ0n) is 13.9. The normalized spacial score (nSPS) is 10.7. The molecule has 1 aromatic heterocycles. The molecule has 1 amide bonds.